The molecule has 0 saturated carbocycles. The quantitative estimate of drug-likeness (QED) is 0.683. The Hall–Kier alpha value is -2.13. The maximum atomic E-state index is 13.4. The molecule has 2 rings (SSSR count). The highest BCUT2D eigenvalue weighted by Gasteiger charge is 2.12. The Bertz CT molecular complexity index is 919. The number of methoxy groups -OCH3 is 1. The molecule has 0 bridgehead atoms. The van der Waals surface area contributed by atoms with E-state index in [2.05, 4.69) is 26.0 Å². The van der Waals surface area contributed by atoms with Crippen molar-refractivity contribution in [2.45, 2.75) is 12.8 Å². The first-order valence-corrected chi connectivity index (χ1v) is 10.3. The van der Waals surface area contributed by atoms with Gasteiger partial charge in [-0.05, 0) is 52.2 Å². The topological polar surface area (TPSA) is 84.5 Å². The third kappa shape index (κ3) is 5.99. The fourth-order valence-corrected chi connectivity index (χ4v) is 3.40. The summed E-state index contributed by atoms with van der Waals surface area (Å²) >= 11 is 3.39. The smallest absolute Gasteiger partial charge is 0.229 e. The summed E-state index contributed by atoms with van der Waals surface area (Å²) in [7, 11) is -2.04. The summed E-state index contributed by atoms with van der Waals surface area (Å²) in [5, 5.41) is 2.60. The van der Waals surface area contributed by atoms with E-state index in [4.69, 9.17) is 4.74 Å². The molecule has 9 heteroatoms. The first-order valence-electron chi connectivity index (χ1n) is 7.57. The minimum absolute atomic E-state index is 0.0203. The lowest BCUT2D eigenvalue weighted by atomic mass is 10.1. The maximum absolute atomic E-state index is 13.4. The van der Waals surface area contributed by atoms with Crippen LogP contribution in [0.2, 0.25) is 0 Å². The molecular weight excluding hydrogens is 427 g/mol. The van der Waals surface area contributed by atoms with Crippen LogP contribution < -0.4 is 14.8 Å². The highest BCUT2D eigenvalue weighted by molar-refractivity contribution is 9.10. The number of halogens is 2. The molecule has 1 amide bonds. The zero-order valence-corrected chi connectivity index (χ0v) is 16.6. The summed E-state index contributed by atoms with van der Waals surface area (Å²) in [6, 6.07) is 8.98. The first-order chi connectivity index (χ1) is 12.2. The summed E-state index contributed by atoms with van der Waals surface area (Å²) < 4.78 is 44.3. The monoisotopic (exact) mass is 444 g/mol. The van der Waals surface area contributed by atoms with E-state index < -0.39 is 15.8 Å². The second-order valence-electron chi connectivity index (χ2n) is 5.58. The van der Waals surface area contributed by atoms with Gasteiger partial charge in [0.25, 0.3) is 0 Å². The van der Waals surface area contributed by atoms with Gasteiger partial charge in [0.05, 0.1) is 29.2 Å². The largest absolute Gasteiger partial charge is 0.496 e. The molecule has 140 valence electrons. The molecule has 2 N–H and O–H groups in total. The Morgan fingerprint density at radius 1 is 1.19 bits per heavy atom. The van der Waals surface area contributed by atoms with Gasteiger partial charge in [0.15, 0.2) is 0 Å². The van der Waals surface area contributed by atoms with Crippen LogP contribution in [0.15, 0.2) is 40.9 Å². The molecule has 0 unspecified atom stereocenters. The highest BCUT2D eigenvalue weighted by Crippen LogP contribution is 2.27. The van der Waals surface area contributed by atoms with Crippen molar-refractivity contribution in [1.82, 2.24) is 0 Å². The molecule has 0 aliphatic rings. The van der Waals surface area contributed by atoms with Gasteiger partial charge < -0.3 is 10.1 Å². The molecule has 0 aliphatic carbocycles. The van der Waals surface area contributed by atoms with Crippen molar-refractivity contribution in [3.05, 3.63) is 52.3 Å². The van der Waals surface area contributed by atoms with E-state index >= 15 is 0 Å². The molecule has 0 fully saturated rings. The molecular formula is C17H18BrFN2O4S. The average molecular weight is 445 g/mol. The zero-order valence-electron chi connectivity index (χ0n) is 14.2. The van der Waals surface area contributed by atoms with Crippen molar-refractivity contribution in [3.8, 4) is 5.75 Å². The van der Waals surface area contributed by atoms with Crippen molar-refractivity contribution in [3.63, 3.8) is 0 Å². The molecule has 0 radical (unpaired) electrons. The fourth-order valence-electron chi connectivity index (χ4n) is 2.25. The number of nitrogens with one attached hydrogen (secondary N) is 2. The summed E-state index contributed by atoms with van der Waals surface area (Å²) in [6.07, 6.45) is 1.60. The number of carbonyl (C=O) groups excluding carboxylic acids is 1. The lowest BCUT2D eigenvalue weighted by molar-refractivity contribution is -0.116. The van der Waals surface area contributed by atoms with Gasteiger partial charge in [0, 0.05) is 12.5 Å². The predicted octanol–water partition coefficient (Wildman–Crippen LogP) is 3.54. The summed E-state index contributed by atoms with van der Waals surface area (Å²) in [5.41, 5.74) is 1.10. The molecule has 0 heterocycles. The second kappa shape index (κ2) is 8.50. The van der Waals surface area contributed by atoms with Gasteiger partial charge in [0.2, 0.25) is 15.9 Å². The number of rotatable bonds is 7. The number of hydrogen-bond acceptors (Lipinski definition) is 4. The van der Waals surface area contributed by atoms with Gasteiger partial charge in [-0.15, -0.1) is 0 Å². The molecule has 2 aromatic rings. The van der Waals surface area contributed by atoms with Crippen molar-refractivity contribution < 1.29 is 22.3 Å². The standard InChI is InChI=1S/C17H18BrFN2O4S/c1-25-16-7-3-11(9-13(16)18)4-8-17(22)20-14-6-5-12(19)10-15(14)21-26(2,23)24/h3,5-7,9-10,21H,4,8H2,1-2H3,(H,20,22). The molecule has 0 spiro atoms. The van der Waals surface area contributed by atoms with Crippen LogP contribution >= 0.6 is 15.9 Å². The number of hydrogen-bond donors (Lipinski definition) is 2. The van der Waals surface area contributed by atoms with Crippen LogP contribution in [0.25, 0.3) is 0 Å². The van der Waals surface area contributed by atoms with Gasteiger partial charge >= 0.3 is 0 Å². The van der Waals surface area contributed by atoms with Gasteiger partial charge in [0.1, 0.15) is 11.6 Å². The Balaban J connectivity index is 2.05. The van der Waals surface area contributed by atoms with Crippen LogP contribution in [0.4, 0.5) is 15.8 Å². The summed E-state index contributed by atoms with van der Waals surface area (Å²) in [5.74, 6) is -0.238. The lowest BCUT2D eigenvalue weighted by Crippen LogP contribution is -2.16. The van der Waals surface area contributed by atoms with E-state index in [0.29, 0.717) is 12.2 Å². The first kappa shape index (κ1) is 20.2. The Morgan fingerprint density at radius 2 is 1.92 bits per heavy atom. The fraction of sp³-hybridized carbons (Fsp3) is 0.235. The van der Waals surface area contributed by atoms with E-state index in [0.717, 1.165) is 28.4 Å². The second-order valence-corrected chi connectivity index (χ2v) is 8.18. The SMILES string of the molecule is COc1ccc(CCC(=O)Nc2ccc(F)cc2NS(C)(=O)=O)cc1Br. The predicted molar refractivity (Wildman–Crippen MR) is 103 cm³/mol. The molecule has 0 aliphatic heterocycles. The van der Waals surface area contributed by atoms with Gasteiger partial charge in [-0.3, -0.25) is 9.52 Å². The van der Waals surface area contributed by atoms with Crippen molar-refractivity contribution in [1.29, 1.82) is 0 Å². The number of sulfonamides is 1. The third-order valence-corrected chi connectivity index (χ3v) is 4.62. The van der Waals surface area contributed by atoms with Crippen molar-refractivity contribution in [2.75, 3.05) is 23.4 Å². The van der Waals surface area contributed by atoms with Gasteiger partial charge in [-0.2, -0.15) is 0 Å². The number of aryl methyl sites for hydroxylation is 1. The normalized spacial score (nSPS) is 11.1. The number of amides is 1. The lowest BCUT2D eigenvalue weighted by Gasteiger charge is -2.12. The van der Waals surface area contributed by atoms with Crippen LogP contribution in [-0.4, -0.2) is 27.7 Å². The van der Waals surface area contributed by atoms with Crippen molar-refractivity contribution >= 4 is 43.2 Å². The minimum atomic E-state index is -3.60. The average Bonchev–Trinajstić information content (AvgIpc) is 2.54. The number of carbonyl (C=O) groups is 1. The van der Waals surface area contributed by atoms with Gasteiger partial charge in [-0.1, -0.05) is 6.07 Å². The highest BCUT2D eigenvalue weighted by atomic mass is 79.9. The van der Waals surface area contributed by atoms with E-state index in [1.807, 2.05) is 12.1 Å². The van der Waals surface area contributed by atoms with Crippen LogP contribution in [0, 0.1) is 5.82 Å². The van der Waals surface area contributed by atoms with Crippen LogP contribution in [0.5, 0.6) is 5.75 Å². The number of ether oxygens (including phenoxy) is 1. The van der Waals surface area contributed by atoms with Crippen LogP contribution in [-0.2, 0) is 21.2 Å². The Kier molecular flexibility index (Phi) is 6.60. The molecule has 2 aromatic carbocycles. The molecule has 0 aromatic heterocycles. The van der Waals surface area contributed by atoms with E-state index in [1.54, 1.807) is 13.2 Å². The number of benzene rings is 2. The third-order valence-electron chi connectivity index (χ3n) is 3.41. The summed E-state index contributed by atoms with van der Waals surface area (Å²) in [6.45, 7) is 0. The van der Waals surface area contributed by atoms with E-state index in [9.17, 15) is 17.6 Å². The van der Waals surface area contributed by atoms with Crippen molar-refractivity contribution in [2.24, 2.45) is 0 Å². The Morgan fingerprint density at radius 3 is 2.54 bits per heavy atom. The maximum Gasteiger partial charge on any atom is 0.229 e. The molecule has 0 saturated heterocycles. The van der Waals surface area contributed by atoms with Crippen LogP contribution in [0.3, 0.4) is 0 Å². The zero-order chi connectivity index (χ0) is 19.3. The van der Waals surface area contributed by atoms with E-state index in [-0.39, 0.29) is 23.7 Å². The Labute approximate surface area is 159 Å². The minimum Gasteiger partial charge on any atom is -0.496 e. The molecule has 0 atom stereocenters. The molecule has 6 nitrogen and oxygen atoms in total. The van der Waals surface area contributed by atoms with Gasteiger partial charge in [-0.25, -0.2) is 12.8 Å². The number of anilines is 2. The summed E-state index contributed by atoms with van der Waals surface area (Å²) in [4.78, 5) is 12.2. The van der Waals surface area contributed by atoms with E-state index in [1.165, 1.54) is 6.07 Å². The molecule has 26 heavy (non-hydrogen) atoms. The van der Waals surface area contributed by atoms with Crippen LogP contribution in [0.1, 0.15) is 12.0 Å².